The molecule has 1 amide bonds. The lowest BCUT2D eigenvalue weighted by Gasteiger charge is -2.45. The molecule has 1 atom stereocenters. The van der Waals surface area contributed by atoms with Crippen LogP contribution in [0.5, 0.6) is 0 Å². The molecule has 4 heterocycles. The number of hydrogen-bond acceptors (Lipinski definition) is 6. The zero-order valence-corrected chi connectivity index (χ0v) is 16.6. The van der Waals surface area contributed by atoms with Gasteiger partial charge in [-0.2, -0.15) is 4.52 Å². The summed E-state index contributed by atoms with van der Waals surface area (Å²) in [5.74, 6) is 1.84. The van der Waals surface area contributed by atoms with Crippen LogP contribution >= 0.6 is 0 Å². The van der Waals surface area contributed by atoms with E-state index in [4.69, 9.17) is 9.84 Å². The van der Waals surface area contributed by atoms with Crippen LogP contribution < -0.4 is 4.90 Å². The minimum Gasteiger partial charge on any atom is -0.368 e. The summed E-state index contributed by atoms with van der Waals surface area (Å²) in [5, 5.41) is 13.2. The van der Waals surface area contributed by atoms with Gasteiger partial charge in [0.1, 0.15) is 11.9 Å². The van der Waals surface area contributed by atoms with Crippen molar-refractivity contribution in [2.24, 2.45) is 0 Å². The average molecular weight is 372 g/mol. The number of hydrogen-bond donors (Lipinski definition) is 0. The number of amides is 1. The summed E-state index contributed by atoms with van der Waals surface area (Å²) in [4.78, 5) is 16.7. The van der Waals surface area contributed by atoms with Gasteiger partial charge in [0, 0.05) is 32.2 Å². The highest BCUT2D eigenvalue weighted by molar-refractivity contribution is 5.81. The lowest BCUT2D eigenvalue weighted by atomic mass is 9.96. The first kappa shape index (κ1) is 18.2. The number of ether oxygens (including phenoxy) is 1. The molecule has 2 aliphatic rings. The standard InChI is InChI=1S/C19H28N6O2/c1-19(2,3)18-21-20-15-8-9-16(22-25(15)18)24-11-13(12-24)23(4)17(26)14-7-5-6-10-27-14/h8-9,13-14H,5-7,10-12H2,1-4H3. The van der Waals surface area contributed by atoms with Gasteiger partial charge in [-0.1, -0.05) is 20.8 Å². The second-order valence-corrected chi connectivity index (χ2v) is 8.60. The number of fused-ring (bicyclic) bond motifs is 1. The van der Waals surface area contributed by atoms with Crippen molar-refractivity contribution in [3.63, 3.8) is 0 Å². The van der Waals surface area contributed by atoms with Crippen LogP contribution in [0.2, 0.25) is 0 Å². The van der Waals surface area contributed by atoms with E-state index in [9.17, 15) is 4.79 Å². The molecule has 0 spiro atoms. The molecule has 27 heavy (non-hydrogen) atoms. The quantitative estimate of drug-likeness (QED) is 0.815. The second-order valence-electron chi connectivity index (χ2n) is 8.60. The third-order valence-corrected chi connectivity index (χ3v) is 5.46. The molecule has 8 heteroatoms. The number of anilines is 1. The topological polar surface area (TPSA) is 75.9 Å². The van der Waals surface area contributed by atoms with Crippen LogP contribution in [0.3, 0.4) is 0 Å². The molecule has 2 fully saturated rings. The van der Waals surface area contributed by atoms with E-state index >= 15 is 0 Å². The maximum Gasteiger partial charge on any atom is 0.251 e. The highest BCUT2D eigenvalue weighted by Gasteiger charge is 2.36. The molecule has 4 rings (SSSR count). The van der Waals surface area contributed by atoms with E-state index in [-0.39, 0.29) is 23.5 Å². The minimum atomic E-state index is -0.265. The predicted molar refractivity (Wildman–Crippen MR) is 102 cm³/mol. The molecule has 146 valence electrons. The Morgan fingerprint density at radius 1 is 1.22 bits per heavy atom. The minimum absolute atomic E-state index is 0.108. The summed E-state index contributed by atoms with van der Waals surface area (Å²) < 4.78 is 7.47. The fourth-order valence-electron chi connectivity index (χ4n) is 3.65. The van der Waals surface area contributed by atoms with Crippen molar-refractivity contribution in [3.05, 3.63) is 18.0 Å². The van der Waals surface area contributed by atoms with E-state index in [1.165, 1.54) is 0 Å². The van der Waals surface area contributed by atoms with Crippen molar-refractivity contribution in [2.75, 3.05) is 31.6 Å². The van der Waals surface area contributed by atoms with Gasteiger partial charge in [0.25, 0.3) is 5.91 Å². The highest BCUT2D eigenvalue weighted by Crippen LogP contribution is 2.25. The Balaban J connectivity index is 1.43. The van der Waals surface area contributed by atoms with Crippen LogP contribution in [-0.4, -0.2) is 69.5 Å². The first-order chi connectivity index (χ1) is 12.8. The van der Waals surface area contributed by atoms with Crippen molar-refractivity contribution < 1.29 is 9.53 Å². The summed E-state index contributed by atoms with van der Waals surface area (Å²) >= 11 is 0. The van der Waals surface area contributed by atoms with Gasteiger partial charge in [0.05, 0.1) is 6.04 Å². The summed E-state index contributed by atoms with van der Waals surface area (Å²) in [6.07, 6.45) is 2.69. The van der Waals surface area contributed by atoms with Crippen molar-refractivity contribution >= 4 is 17.4 Å². The Kier molecular flexibility index (Phi) is 4.53. The number of nitrogens with zero attached hydrogens (tertiary/aromatic N) is 6. The van der Waals surface area contributed by atoms with Gasteiger partial charge in [-0.15, -0.1) is 15.3 Å². The molecule has 1 unspecified atom stereocenters. The molecular weight excluding hydrogens is 344 g/mol. The zero-order valence-electron chi connectivity index (χ0n) is 16.6. The summed E-state index contributed by atoms with van der Waals surface area (Å²) in [5.41, 5.74) is 0.623. The molecule has 2 aliphatic heterocycles. The van der Waals surface area contributed by atoms with Crippen LogP contribution in [0.1, 0.15) is 45.9 Å². The van der Waals surface area contributed by atoms with Gasteiger partial charge < -0.3 is 14.5 Å². The van der Waals surface area contributed by atoms with Crippen LogP contribution in [0, 0.1) is 0 Å². The van der Waals surface area contributed by atoms with Crippen molar-refractivity contribution in [2.45, 2.75) is 57.6 Å². The highest BCUT2D eigenvalue weighted by atomic mass is 16.5. The van der Waals surface area contributed by atoms with Crippen LogP contribution in [0.4, 0.5) is 5.82 Å². The molecular formula is C19H28N6O2. The smallest absolute Gasteiger partial charge is 0.251 e. The van der Waals surface area contributed by atoms with Gasteiger partial charge in [0.15, 0.2) is 11.5 Å². The molecule has 8 nitrogen and oxygen atoms in total. The van der Waals surface area contributed by atoms with Gasteiger partial charge in [0.2, 0.25) is 0 Å². The Morgan fingerprint density at radius 3 is 2.67 bits per heavy atom. The van der Waals surface area contributed by atoms with Crippen LogP contribution in [0.15, 0.2) is 12.1 Å². The summed E-state index contributed by atoms with van der Waals surface area (Å²) in [6.45, 7) is 8.56. The van der Waals surface area contributed by atoms with E-state index in [2.05, 4.69) is 35.9 Å². The van der Waals surface area contributed by atoms with Gasteiger partial charge >= 0.3 is 0 Å². The van der Waals surface area contributed by atoms with Gasteiger partial charge in [-0.25, -0.2) is 0 Å². The predicted octanol–water partition coefficient (Wildman–Crippen LogP) is 1.64. The first-order valence-corrected chi connectivity index (χ1v) is 9.71. The molecule has 2 aromatic rings. The normalized spacial score (nSPS) is 21.3. The Morgan fingerprint density at radius 2 is 2.00 bits per heavy atom. The maximum atomic E-state index is 12.6. The number of aromatic nitrogens is 4. The molecule has 0 aromatic carbocycles. The third kappa shape index (κ3) is 3.38. The van der Waals surface area contributed by atoms with Crippen molar-refractivity contribution in [1.29, 1.82) is 0 Å². The SMILES string of the molecule is CN(C(=O)C1CCCCO1)C1CN(c2ccc3nnc(C(C)(C)C)n3n2)C1. The van der Waals surface area contributed by atoms with Crippen LogP contribution in [-0.2, 0) is 14.9 Å². The Hall–Kier alpha value is -2.22. The molecule has 0 bridgehead atoms. The molecule has 0 aliphatic carbocycles. The van der Waals surface area contributed by atoms with E-state index in [1.54, 1.807) is 0 Å². The Labute approximate surface area is 159 Å². The second kappa shape index (κ2) is 6.74. The van der Waals surface area contributed by atoms with E-state index < -0.39 is 0 Å². The zero-order chi connectivity index (χ0) is 19.2. The fourth-order valence-corrected chi connectivity index (χ4v) is 3.65. The fraction of sp³-hybridized carbons (Fsp3) is 0.684. The lowest BCUT2D eigenvalue weighted by Crippen LogP contribution is -2.61. The van der Waals surface area contributed by atoms with Crippen LogP contribution in [0.25, 0.3) is 5.65 Å². The monoisotopic (exact) mass is 372 g/mol. The third-order valence-electron chi connectivity index (χ3n) is 5.46. The lowest BCUT2D eigenvalue weighted by molar-refractivity contribution is -0.147. The maximum absolute atomic E-state index is 12.6. The number of likely N-dealkylation sites (N-methyl/N-ethyl adjacent to an activating group) is 1. The number of carbonyl (C=O) groups is 1. The molecule has 2 aromatic heterocycles. The average Bonchev–Trinajstić information content (AvgIpc) is 3.04. The molecule has 0 N–H and O–H groups in total. The molecule has 2 saturated heterocycles. The Bertz CT molecular complexity index is 830. The largest absolute Gasteiger partial charge is 0.368 e. The number of rotatable bonds is 3. The number of carbonyl (C=O) groups excluding carboxylic acids is 1. The van der Waals surface area contributed by atoms with Crippen molar-refractivity contribution in [1.82, 2.24) is 24.7 Å². The molecule has 0 saturated carbocycles. The van der Waals surface area contributed by atoms with Gasteiger partial charge in [-0.05, 0) is 31.4 Å². The van der Waals surface area contributed by atoms with E-state index in [1.807, 2.05) is 28.6 Å². The van der Waals surface area contributed by atoms with E-state index in [0.29, 0.717) is 6.61 Å². The summed E-state index contributed by atoms with van der Waals surface area (Å²) in [6, 6.07) is 4.12. The van der Waals surface area contributed by atoms with Gasteiger partial charge in [-0.3, -0.25) is 4.79 Å². The first-order valence-electron chi connectivity index (χ1n) is 9.71. The van der Waals surface area contributed by atoms with E-state index in [0.717, 1.165) is 49.6 Å². The summed E-state index contributed by atoms with van der Waals surface area (Å²) in [7, 11) is 1.89. The molecule has 0 radical (unpaired) electrons. The van der Waals surface area contributed by atoms with Crippen molar-refractivity contribution in [3.8, 4) is 0 Å².